The van der Waals surface area contributed by atoms with Crippen LogP contribution >= 0.6 is 0 Å². The van der Waals surface area contributed by atoms with E-state index in [4.69, 9.17) is 4.74 Å². The van der Waals surface area contributed by atoms with Crippen LogP contribution < -0.4 is 15.4 Å². The Labute approximate surface area is 152 Å². The summed E-state index contributed by atoms with van der Waals surface area (Å²) in [6, 6.07) is 8.36. The lowest BCUT2D eigenvalue weighted by molar-refractivity contribution is 0.210. The molecule has 0 aromatic heterocycles. The van der Waals surface area contributed by atoms with Crippen LogP contribution in [0.4, 0.5) is 0 Å². The fourth-order valence-corrected chi connectivity index (χ4v) is 3.41. The molecule has 5 nitrogen and oxygen atoms in total. The summed E-state index contributed by atoms with van der Waals surface area (Å²) >= 11 is 0. The van der Waals surface area contributed by atoms with Gasteiger partial charge in [0.15, 0.2) is 5.96 Å². The molecule has 1 saturated heterocycles. The number of ether oxygens (including phenoxy) is 1. The Morgan fingerprint density at radius 2 is 2.08 bits per heavy atom. The third-order valence-electron chi connectivity index (χ3n) is 5.06. The van der Waals surface area contributed by atoms with Gasteiger partial charge in [0.25, 0.3) is 0 Å². The van der Waals surface area contributed by atoms with Gasteiger partial charge >= 0.3 is 0 Å². The first-order valence-corrected chi connectivity index (χ1v) is 9.39. The Balaban J connectivity index is 1.69. The lowest BCUT2D eigenvalue weighted by Gasteiger charge is -2.30. The summed E-state index contributed by atoms with van der Waals surface area (Å²) in [6.45, 7) is 6.58. The molecule has 5 heteroatoms. The van der Waals surface area contributed by atoms with Gasteiger partial charge in [0, 0.05) is 26.7 Å². The molecule has 1 heterocycles. The fourth-order valence-electron chi connectivity index (χ4n) is 3.41. The zero-order valence-corrected chi connectivity index (χ0v) is 16.2. The van der Waals surface area contributed by atoms with Gasteiger partial charge in [0.1, 0.15) is 5.75 Å². The quantitative estimate of drug-likeness (QED) is 0.589. The van der Waals surface area contributed by atoms with Gasteiger partial charge in [-0.3, -0.25) is 4.99 Å². The van der Waals surface area contributed by atoms with Crippen LogP contribution in [0.2, 0.25) is 0 Å². The minimum atomic E-state index is 0.503. The van der Waals surface area contributed by atoms with Crippen molar-refractivity contribution >= 4 is 5.96 Å². The molecule has 2 rings (SSSR count). The predicted molar refractivity (Wildman–Crippen MR) is 106 cm³/mol. The maximum Gasteiger partial charge on any atom is 0.190 e. The minimum Gasteiger partial charge on any atom is -0.497 e. The number of aliphatic imine (C=N–C) groups is 1. The van der Waals surface area contributed by atoms with Gasteiger partial charge in [-0.2, -0.15) is 0 Å². The zero-order valence-electron chi connectivity index (χ0n) is 16.2. The highest BCUT2D eigenvalue weighted by molar-refractivity contribution is 5.79. The van der Waals surface area contributed by atoms with Crippen LogP contribution in [0.5, 0.6) is 5.75 Å². The summed E-state index contributed by atoms with van der Waals surface area (Å²) in [7, 11) is 5.75. The number of rotatable bonds is 7. The van der Waals surface area contributed by atoms with Crippen molar-refractivity contribution in [3.63, 3.8) is 0 Å². The molecule has 2 N–H and O–H groups in total. The zero-order chi connectivity index (χ0) is 18.1. The van der Waals surface area contributed by atoms with Crippen LogP contribution in [-0.2, 0) is 0 Å². The maximum absolute atomic E-state index is 5.22. The Morgan fingerprint density at radius 3 is 2.72 bits per heavy atom. The van der Waals surface area contributed by atoms with Crippen molar-refractivity contribution in [2.45, 2.75) is 32.1 Å². The molecule has 1 aromatic rings. The monoisotopic (exact) mass is 346 g/mol. The molecule has 1 aliphatic heterocycles. The van der Waals surface area contributed by atoms with Crippen LogP contribution in [0.1, 0.15) is 37.7 Å². The van der Waals surface area contributed by atoms with E-state index < -0.39 is 0 Å². The van der Waals surface area contributed by atoms with E-state index in [2.05, 4.69) is 46.6 Å². The predicted octanol–water partition coefficient (Wildman–Crippen LogP) is 2.70. The van der Waals surface area contributed by atoms with Crippen LogP contribution in [0.15, 0.2) is 29.3 Å². The normalized spacial score (nSPS) is 20.2. The summed E-state index contributed by atoms with van der Waals surface area (Å²) in [6.07, 6.45) is 3.68. The van der Waals surface area contributed by atoms with Gasteiger partial charge in [-0.25, -0.2) is 0 Å². The minimum absolute atomic E-state index is 0.503. The maximum atomic E-state index is 5.22. The molecule has 0 radical (unpaired) electrons. The van der Waals surface area contributed by atoms with E-state index in [1.54, 1.807) is 7.11 Å². The molecule has 140 valence electrons. The Bertz CT molecular complexity index is 529. The first-order valence-electron chi connectivity index (χ1n) is 9.39. The van der Waals surface area contributed by atoms with Crippen LogP contribution in [-0.4, -0.2) is 58.2 Å². The van der Waals surface area contributed by atoms with E-state index in [9.17, 15) is 0 Å². The topological polar surface area (TPSA) is 48.9 Å². The van der Waals surface area contributed by atoms with Gasteiger partial charge in [-0.1, -0.05) is 19.1 Å². The third-order valence-corrected chi connectivity index (χ3v) is 5.06. The highest BCUT2D eigenvalue weighted by Gasteiger charge is 2.17. The number of benzene rings is 1. The highest BCUT2D eigenvalue weighted by atomic mass is 16.5. The standard InChI is InChI=1S/C20H34N4O/c1-16(18-7-9-19(25-4)10-8-18)11-12-22-20(21-2)23-14-17-6-5-13-24(3)15-17/h7-10,16-17H,5-6,11-15H2,1-4H3,(H2,21,22,23). The molecule has 2 atom stereocenters. The summed E-state index contributed by atoms with van der Waals surface area (Å²) in [5.74, 6) is 3.04. The van der Waals surface area contributed by atoms with Crippen molar-refractivity contribution in [1.29, 1.82) is 0 Å². The third kappa shape index (κ3) is 6.58. The molecule has 0 aliphatic carbocycles. The second-order valence-corrected chi connectivity index (χ2v) is 7.11. The van der Waals surface area contributed by atoms with Gasteiger partial charge < -0.3 is 20.3 Å². The number of nitrogens with one attached hydrogen (secondary N) is 2. The van der Waals surface area contributed by atoms with E-state index in [1.165, 1.54) is 31.5 Å². The number of methoxy groups -OCH3 is 1. The van der Waals surface area contributed by atoms with E-state index in [1.807, 2.05) is 19.2 Å². The fraction of sp³-hybridized carbons (Fsp3) is 0.650. The molecule has 0 bridgehead atoms. The molecular formula is C20H34N4O. The Kier molecular flexibility index (Phi) is 8.06. The Hall–Kier alpha value is -1.75. The van der Waals surface area contributed by atoms with Gasteiger partial charge in [0.2, 0.25) is 0 Å². The molecule has 25 heavy (non-hydrogen) atoms. The van der Waals surface area contributed by atoms with Gasteiger partial charge in [-0.05, 0) is 62.4 Å². The molecule has 1 fully saturated rings. The summed E-state index contributed by atoms with van der Waals surface area (Å²) < 4.78 is 5.22. The van der Waals surface area contributed by atoms with Crippen molar-refractivity contribution in [1.82, 2.24) is 15.5 Å². The number of nitrogens with zero attached hydrogens (tertiary/aromatic N) is 2. The van der Waals surface area contributed by atoms with Crippen molar-refractivity contribution in [2.24, 2.45) is 10.9 Å². The summed E-state index contributed by atoms with van der Waals surface area (Å²) in [4.78, 5) is 6.77. The van der Waals surface area contributed by atoms with E-state index in [-0.39, 0.29) is 0 Å². The lowest BCUT2D eigenvalue weighted by atomic mass is 9.98. The second kappa shape index (κ2) is 10.3. The Morgan fingerprint density at radius 1 is 1.32 bits per heavy atom. The molecule has 2 unspecified atom stereocenters. The van der Waals surface area contributed by atoms with Crippen LogP contribution in [0.3, 0.4) is 0 Å². The lowest BCUT2D eigenvalue weighted by Crippen LogP contribution is -2.43. The number of likely N-dealkylation sites (tertiary alicyclic amines) is 1. The molecule has 1 aliphatic rings. The second-order valence-electron chi connectivity index (χ2n) is 7.11. The van der Waals surface area contributed by atoms with Crippen molar-refractivity contribution < 1.29 is 4.74 Å². The van der Waals surface area contributed by atoms with E-state index in [0.717, 1.165) is 37.1 Å². The van der Waals surface area contributed by atoms with E-state index in [0.29, 0.717) is 5.92 Å². The molecule has 1 aromatic carbocycles. The van der Waals surface area contributed by atoms with Crippen molar-refractivity contribution in [3.05, 3.63) is 29.8 Å². The number of piperidine rings is 1. The van der Waals surface area contributed by atoms with Crippen molar-refractivity contribution in [2.75, 3.05) is 47.4 Å². The first kappa shape index (κ1) is 19.6. The smallest absolute Gasteiger partial charge is 0.190 e. The van der Waals surface area contributed by atoms with Crippen LogP contribution in [0.25, 0.3) is 0 Å². The van der Waals surface area contributed by atoms with E-state index >= 15 is 0 Å². The largest absolute Gasteiger partial charge is 0.497 e. The molecule has 0 amide bonds. The van der Waals surface area contributed by atoms with Crippen molar-refractivity contribution in [3.8, 4) is 5.75 Å². The molecular weight excluding hydrogens is 312 g/mol. The first-order chi connectivity index (χ1) is 12.1. The average Bonchev–Trinajstić information content (AvgIpc) is 2.64. The number of hydrogen-bond donors (Lipinski definition) is 2. The number of guanidine groups is 1. The summed E-state index contributed by atoms with van der Waals surface area (Å²) in [5.41, 5.74) is 1.34. The van der Waals surface area contributed by atoms with Crippen LogP contribution in [0, 0.1) is 5.92 Å². The molecule has 0 spiro atoms. The van der Waals surface area contributed by atoms with Gasteiger partial charge in [0.05, 0.1) is 7.11 Å². The SMILES string of the molecule is CN=C(NCCC(C)c1ccc(OC)cc1)NCC1CCCN(C)C1. The number of hydrogen-bond acceptors (Lipinski definition) is 3. The average molecular weight is 347 g/mol. The van der Waals surface area contributed by atoms with Gasteiger partial charge in [-0.15, -0.1) is 0 Å². The molecule has 0 saturated carbocycles. The summed E-state index contributed by atoms with van der Waals surface area (Å²) in [5, 5.41) is 6.93. The highest BCUT2D eigenvalue weighted by Crippen LogP contribution is 2.21.